The minimum absolute atomic E-state index is 0.0501. The van der Waals surface area contributed by atoms with E-state index in [0.29, 0.717) is 6.54 Å². The van der Waals surface area contributed by atoms with Crippen LogP contribution < -0.4 is 10.1 Å². The highest BCUT2D eigenvalue weighted by atomic mass is 16.5. The number of amides is 1. The molecule has 0 unspecified atom stereocenters. The minimum Gasteiger partial charge on any atom is -0.497 e. The lowest BCUT2D eigenvalue weighted by atomic mass is 10.1. The van der Waals surface area contributed by atoms with Crippen molar-refractivity contribution in [3.8, 4) is 5.75 Å². The zero-order valence-corrected chi connectivity index (χ0v) is 10.9. The van der Waals surface area contributed by atoms with Gasteiger partial charge in [-0.05, 0) is 17.7 Å². The first-order valence-corrected chi connectivity index (χ1v) is 5.63. The van der Waals surface area contributed by atoms with Gasteiger partial charge in [0.15, 0.2) is 0 Å². The summed E-state index contributed by atoms with van der Waals surface area (Å²) in [5, 5.41) is 2.74. The fourth-order valence-electron chi connectivity index (χ4n) is 1.57. The number of hydrogen-bond donors (Lipinski definition) is 1. The molecule has 0 aliphatic heterocycles. The second-order valence-electron chi connectivity index (χ2n) is 3.74. The van der Waals surface area contributed by atoms with E-state index in [0.717, 1.165) is 11.3 Å². The van der Waals surface area contributed by atoms with Crippen molar-refractivity contribution in [3.05, 3.63) is 29.8 Å². The molecule has 0 bridgehead atoms. The number of carbonyl (C=O) groups excluding carboxylic acids is 1. The van der Waals surface area contributed by atoms with E-state index in [-0.39, 0.29) is 18.6 Å². The lowest BCUT2D eigenvalue weighted by Gasteiger charge is -2.17. The zero-order valence-electron chi connectivity index (χ0n) is 10.9. The predicted molar refractivity (Wildman–Crippen MR) is 67.6 cm³/mol. The first-order chi connectivity index (χ1) is 8.71. The van der Waals surface area contributed by atoms with Gasteiger partial charge in [0, 0.05) is 20.8 Å². The standard InChI is InChI=1S/C13H19NO4/c1-16-9-13(15)14-8-12(18-3)10-5-4-6-11(7-10)17-2/h4-7,12H,8-9H2,1-3H3,(H,14,15)/t12-/m1/s1. The van der Waals surface area contributed by atoms with Gasteiger partial charge in [-0.15, -0.1) is 0 Å². The third kappa shape index (κ3) is 4.35. The molecule has 5 heteroatoms. The third-order valence-electron chi connectivity index (χ3n) is 2.51. The smallest absolute Gasteiger partial charge is 0.246 e. The van der Waals surface area contributed by atoms with Crippen LogP contribution in [0.25, 0.3) is 0 Å². The van der Waals surface area contributed by atoms with Crippen molar-refractivity contribution in [3.63, 3.8) is 0 Å². The second kappa shape index (κ2) is 7.68. The Morgan fingerprint density at radius 3 is 2.72 bits per heavy atom. The molecule has 0 aromatic heterocycles. The van der Waals surface area contributed by atoms with Crippen molar-refractivity contribution in [2.45, 2.75) is 6.10 Å². The number of nitrogens with one attached hydrogen (secondary N) is 1. The van der Waals surface area contributed by atoms with Crippen LogP contribution in [-0.2, 0) is 14.3 Å². The lowest BCUT2D eigenvalue weighted by molar-refractivity contribution is -0.125. The van der Waals surface area contributed by atoms with Crippen LogP contribution in [-0.4, -0.2) is 40.4 Å². The molecule has 5 nitrogen and oxygen atoms in total. The van der Waals surface area contributed by atoms with Crippen LogP contribution in [0.15, 0.2) is 24.3 Å². The topological polar surface area (TPSA) is 56.8 Å². The molecule has 1 rings (SSSR count). The lowest BCUT2D eigenvalue weighted by Crippen LogP contribution is -2.31. The number of benzene rings is 1. The zero-order chi connectivity index (χ0) is 13.4. The molecule has 18 heavy (non-hydrogen) atoms. The molecule has 0 aliphatic carbocycles. The summed E-state index contributed by atoms with van der Waals surface area (Å²) in [6.07, 6.45) is -0.207. The highest BCUT2D eigenvalue weighted by Crippen LogP contribution is 2.20. The average Bonchev–Trinajstić information content (AvgIpc) is 2.40. The molecule has 1 N–H and O–H groups in total. The Kier molecular flexibility index (Phi) is 6.18. The van der Waals surface area contributed by atoms with E-state index in [1.54, 1.807) is 14.2 Å². The molecular weight excluding hydrogens is 234 g/mol. The van der Waals surface area contributed by atoms with E-state index in [2.05, 4.69) is 5.32 Å². The highest BCUT2D eigenvalue weighted by molar-refractivity contribution is 5.77. The Hall–Kier alpha value is -1.59. The van der Waals surface area contributed by atoms with Crippen LogP contribution in [0.5, 0.6) is 5.75 Å². The van der Waals surface area contributed by atoms with Crippen molar-refractivity contribution in [1.29, 1.82) is 0 Å². The molecule has 0 saturated carbocycles. The summed E-state index contributed by atoms with van der Waals surface area (Å²) in [5.41, 5.74) is 0.953. The van der Waals surface area contributed by atoms with Crippen molar-refractivity contribution >= 4 is 5.91 Å². The van der Waals surface area contributed by atoms with Crippen molar-refractivity contribution < 1.29 is 19.0 Å². The molecule has 0 spiro atoms. The Labute approximate surface area is 107 Å². The van der Waals surface area contributed by atoms with E-state index in [9.17, 15) is 4.79 Å². The van der Waals surface area contributed by atoms with Crippen molar-refractivity contribution in [1.82, 2.24) is 5.32 Å². The van der Waals surface area contributed by atoms with E-state index < -0.39 is 0 Å². The third-order valence-corrected chi connectivity index (χ3v) is 2.51. The molecule has 1 aromatic rings. The fourth-order valence-corrected chi connectivity index (χ4v) is 1.57. The van der Waals surface area contributed by atoms with Gasteiger partial charge in [-0.25, -0.2) is 0 Å². The van der Waals surface area contributed by atoms with Crippen molar-refractivity contribution in [2.75, 3.05) is 34.5 Å². The highest BCUT2D eigenvalue weighted by Gasteiger charge is 2.12. The van der Waals surface area contributed by atoms with Gasteiger partial charge in [-0.1, -0.05) is 12.1 Å². The minimum atomic E-state index is -0.207. The van der Waals surface area contributed by atoms with E-state index >= 15 is 0 Å². The Morgan fingerprint density at radius 1 is 1.33 bits per heavy atom. The number of hydrogen-bond acceptors (Lipinski definition) is 4. The van der Waals surface area contributed by atoms with Gasteiger partial charge in [-0.3, -0.25) is 4.79 Å². The number of ether oxygens (including phenoxy) is 3. The van der Waals surface area contributed by atoms with Gasteiger partial charge in [-0.2, -0.15) is 0 Å². The quantitative estimate of drug-likeness (QED) is 0.792. The summed E-state index contributed by atoms with van der Waals surface area (Å²) in [4.78, 5) is 11.3. The van der Waals surface area contributed by atoms with Crippen LogP contribution in [0.3, 0.4) is 0 Å². The molecule has 0 radical (unpaired) electrons. The van der Waals surface area contributed by atoms with Crippen LogP contribution in [0.1, 0.15) is 11.7 Å². The summed E-state index contributed by atoms with van der Waals surface area (Å²) < 4.78 is 15.2. The number of carbonyl (C=O) groups is 1. The van der Waals surface area contributed by atoms with Gasteiger partial charge >= 0.3 is 0 Å². The monoisotopic (exact) mass is 253 g/mol. The van der Waals surface area contributed by atoms with Crippen molar-refractivity contribution in [2.24, 2.45) is 0 Å². The largest absolute Gasteiger partial charge is 0.497 e. The summed E-state index contributed by atoms with van der Waals surface area (Å²) >= 11 is 0. The molecule has 0 heterocycles. The molecule has 1 amide bonds. The second-order valence-corrected chi connectivity index (χ2v) is 3.74. The van der Waals surface area contributed by atoms with Gasteiger partial charge in [0.2, 0.25) is 5.91 Å². The Balaban J connectivity index is 2.62. The van der Waals surface area contributed by atoms with Gasteiger partial charge < -0.3 is 19.5 Å². The summed E-state index contributed by atoms with van der Waals surface area (Å²) in [6.45, 7) is 0.445. The van der Waals surface area contributed by atoms with Crippen LogP contribution in [0.4, 0.5) is 0 Å². The van der Waals surface area contributed by atoms with Crippen LogP contribution in [0, 0.1) is 0 Å². The number of rotatable bonds is 7. The molecule has 100 valence electrons. The van der Waals surface area contributed by atoms with Gasteiger partial charge in [0.05, 0.1) is 13.2 Å². The Bertz CT molecular complexity index is 381. The first kappa shape index (κ1) is 14.5. The average molecular weight is 253 g/mol. The fraction of sp³-hybridized carbons (Fsp3) is 0.462. The van der Waals surface area contributed by atoms with Crippen LogP contribution >= 0.6 is 0 Å². The molecule has 0 fully saturated rings. The molecular formula is C13H19NO4. The SMILES string of the molecule is COCC(=O)NC[C@@H](OC)c1cccc(OC)c1. The predicted octanol–water partition coefficient (Wildman–Crippen LogP) is 1.15. The number of methoxy groups -OCH3 is 3. The van der Waals surface area contributed by atoms with Gasteiger partial charge in [0.1, 0.15) is 12.4 Å². The normalized spacial score (nSPS) is 11.9. The molecule has 1 atom stereocenters. The van der Waals surface area contributed by atoms with E-state index in [1.165, 1.54) is 7.11 Å². The Morgan fingerprint density at radius 2 is 2.11 bits per heavy atom. The van der Waals surface area contributed by atoms with Gasteiger partial charge in [0.25, 0.3) is 0 Å². The molecule has 0 aliphatic rings. The maximum absolute atomic E-state index is 11.3. The maximum Gasteiger partial charge on any atom is 0.246 e. The van der Waals surface area contributed by atoms with E-state index in [4.69, 9.17) is 14.2 Å². The first-order valence-electron chi connectivity index (χ1n) is 5.63. The maximum atomic E-state index is 11.3. The van der Waals surface area contributed by atoms with E-state index in [1.807, 2.05) is 24.3 Å². The van der Waals surface area contributed by atoms with Crippen LogP contribution in [0.2, 0.25) is 0 Å². The summed E-state index contributed by atoms with van der Waals surface area (Å²) in [5.74, 6) is 0.597. The summed E-state index contributed by atoms with van der Waals surface area (Å²) in [7, 11) is 4.70. The molecule has 0 saturated heterocycles. The summed E-state index contributed by atoms with van der Waals surface area (Å²) in [6, 6.07) is 7.56. The molecule has 1 aromatic carbocycles.